The Morgan fingerprint density at radius 3 is 1.56 bits per heavy atom. The Bertz CT molecular complexity index is 829. The minimum absolute atomic E-state index is 0.0166. The van der Waals surface area contributed by atoms with E-state index in [0.717, 1.165) is 26.2 Å². The van der Waals surface area contributed by atoms with Gasteiger partial charge in [-0.25, -0.2) is 4.79 Å². The van der Waals surface area contributed by atoms with E-state index in [-0.39, 0.29) is 6.10 Å². The van der Waals surface area contributed by atoms with Crippen LogP contribution in [0.3, 0.4) is 0 Å². The number of ether oxygens (including phenoxy) is 1. The molecule has 0 aliphatic carbocycles. The Morgan fingerprint density at radius 1 is 0.824 bits per heavy atom. The molecule has 186 valence electrons. The van der Waals surface area contributed by atoms with Crippen molar-refractivity contribution in [1.82, 2.24) is 4.90 Å². The first-order valence-electron chi connectivity index (χ1n) is 11.0. The van der Waals surface area contributed by atoms with Crippen molar-refractivity contribution in [1.29, 1.82) is 0 Å². The summed E-state index contributed by atoms with van der Waals surface area (Å²) in [6, 6.07) is 20.9. The number of likely N-dealkylation sites (N-methyl/N-ethyl adjacent to an activating group) is 1. The van der Waals surface area contributed by atoms with Gasteiger partial charge in [0.25, 0.3) is 0 Å². The summed E-state index contributed by atoms with van der Waals surface area (Å²) in [5, 5.41) is 33.8. The second-order valence-corrected chi connectivity index (χ2v) is 7.58. The Morgan fingerprint density at radius 2 is 1.24 bits per heavy atom. The number of carbonyl (C=O) groups is 3. The number of nitrogens with zero attached hydrogens (tertiary/aromatic N) is 1. The van der Waals surface area contributed by atoms with E-state index in [1.807, 2.05) is 12.1 Å². The average Bonchev–Trinajstić information content (AvgIpc) is 2.80. The fraction of sp³-hybridized carbons (Fsp3) is 0.400. The molecule has 2 rings (SSSR count). The van der Waals surface area contributed by atoms with Crippen molar-refractivity contribution >= 4 is 17.9 Å². The first-order valence-corrected chi connectivity index (χ1v) is 11.0. The zero-order chi connectivity index (χ0) is 25.6. The van der Waals surface area contributed by atoms with Crippen LogP contribution in [0, 0.1) is 0 Å². The van der Waals surface area contributed by atoms with E-state index in [0.29, 0.717) is 0 Å². The molecule has 0 saturated heterocycles. The predicted octanol–water partition coefficient (Wildman–Crippen LogP) is 2.89. The molecule has 34 heavy (non-hydrogen) atoms. The zero-order valence-electron chi connectivity index (χ0n) is 19.5. The van der Waals surface area contributed by atoms with Crippen molar-refractivity contribution < 1.29 is 39.5 Å². The Hall–Kier alpha value is -3.27. The highest BCUT2D eigenvalue weighted by Crippen LogP contribution is 2.25. The van der Waals surface area contributed by atoms with Crippen LogP contribution in [0.2, 0.25) is 0 Å². The fourth-order valence-electron chi connectivity index (χ4n) is 3.19. The maximum absolute atomic E-state index is 10.3. The summed E-state index contributed by atoms with van der Waals surface area (Å²) in [7, 11) is 0. The molecule has 0 unspecified atom stereocenters. The van der Waals surface area contributed by atoms with Gasteiger partial charge in [-0.05, 0) is 24.2 Å². The lowest BCUT2D eigenvalue weighted by Gasteiger charge is -2.22. The summed E-state index contributed by atoms with van der Waals surface area (Å²) >= 11 is 0. The second-order valence-electron chi connectivity index (χ2n) is 7.58. The first-order chi connectivity index (χ1) is 16.1. The van der Waals surface area contributed by atoms with Crippen LogP contribution in [0.15, 0.2) is 60.7 Å². The summed E-state index contributed by atoms with van der Waals surface area (Å²) in [6.07, 6.45) is -2.27. The number of aliphatic hydroxyl groups is 1. The van der Waals surface area contributed by atoms with Gasteiger partial charge in [0.05, 0.1) is 19.4 Å². The van der Waals surface area contributed by atoms with E-state index < -0.39 is 36.4 Å². The number of hydrogen-bond donors (Lipinski definition) is 4. The molecule has 4 N–H and O–H groups in total. The van der Waals surface area contributed by atoms with Gasteiger partial charge < -0.3 is 30.1 Å². The molecule has 0 saturated carbocycles. The van der Waals surface area contributed by atoms with E-state index in [1.165, 1.54) is 11.1 Å². The van der Waals surface area contributed by atoms with Crippen molar-refractivity contribution in [3.8, 4) is 0 Å². The fourth-order valence-corrected chi connectivity index (χ4v) is 3.19. The molecule has 0 aromatic heterocycles. The number of rotatable bonds is 13. The van der Waals surface area contributed by atoms with Crippen molar-refractivity contribution in [2.75, 3.05) is 26.2 Å². The van der Waals surface area contributed by atoms with Crippen LogP contribution in [-0.2, 0) is 19.1 Å². The van der Waals surface area contributed by atoms with Crippen LogP contribution in [-0.4, -0.2) is 75.1 Å². The van der Waals surface area contributed by atoms with E-state index in [4.69, 9.17) is 25.2 Å². The quantitative estimate of drug-likeness (QED) is 0.344. The summed E-state index contributed by atoms with van der Waals surface area (Å²) in [5.41, 5.74) is -0.316. The molecule has 0 bridgehead atoms. The van der Waals surface area contributed by atoms with Crippen LogP contribution >= 0.6 is 0 Å². The van der Waals surface area contributed by atoms with Crippen molar-refractivity contribution in [3.63, 3.8) is 0 Å². The lowest BCUT2D eigenvalue weighted by Crippen LogP contribution is -2.42. The van der Waals surface area contributed by atoms with Crippen LogP contribution in [0.1, 0.15) is 43.9 Å². The van der Waals surface area contributed by atoms with E-state index in [2.05, 4.69) is 67.3 Å². The highest BCUT2D eigenvalue weighted by atomic mass is 16.5. The maximum atomic E-state index is 10.3. The van der Waals surface area contributed by atoms with Gasteiger partial charge in [0.15, 0.2) is 5.60 Å². The highest BCUT2D eigenvalue weighted by Gasteiger charge is 2.40. The van der Waals surface area contributed by atoms with Crippen molar-refractivity contribution in [2.24, 2.45) is 0 Å². The molecule has 0 heterocycles. The molecule has 2 aromatic carbocycles. The summed E-state index contributed by atoms with van der Waals surface area (Å²) in [4.78, 5) is 32.9. The maximum Gasteiger partial charge on any atom is 0.336 e. The Balaban J connectivity index is 0.000000385. The third kappa shape index (κ3) is 10.1. The first kappa shape index (κ1) is 28.8. The predicted molar refractivity (Wildman–Crippen MR) is 126 cm³/mol. The molecule has 0 atom stereocenters. The SMILES string of the molecule is CCN(CC)CCOC(c1ccccc1)c1ccccc1.O=C(O)CC(O)(CC(=O)O)C(=O)O. The molecular formula is C25H33NO8. The van der Waals surface area contributed by atoms with Crippen molar-refractivity contribution in [2.45, 2.75) is 38.4 Å². The van der Waals surface area contributed by atoms with Crippen LogP contribution in [0.25, 0.3) is 0 Å². The molecule has 2 aromatic rings. The average molecular weight is 476 g/mol. The number of benzene rings is 2. The summed E-state index contributed by atoms with van der Waals surface area (Å²) in [5.74, 6) is -5.02. The molecule has 0 fully saturated rings. The minimum atomic E-state index is -2.74. The van der Waals surface area contributed by atoms with E-state index in [9.17, 15) is 14.4 Å². The molecule has 0 amide bonds. The monoisotopic (exact) mass is 475 g/mol. The third-order valence-corrected chi connectivity index (χ3v) is 5.08. The van der Waals surface area contributed by atoms with E-state index >= 15 is 0 Å². The molecule has 9 nitrogen and oxygen atoms in total. The van der Waals surface area contributed by atoms with Crippen LogP contribution in [0.4, 0.5) is 0 Å². The number of hydrogen-bond acceptors (Lipinski definition) is 6. The molecule has 0 spiro atoms. The topological polar surface area (TPSA) is 145 Å². The third-order valence-electron chi connectivity index (χ3n) is 5.08. The molecule has 0 aliphatic rings. The van der Waals surface area contributed by atoms with Gasteiger partial charge in [-0.2, -0.15) is 0 Å². The van der Waals surface area contributed by atoms with Crippen molar-refractivity contribution in [3.05, 3.63) is 71.8 Å². The van der Waals surface area contributed by atoms with Crippen LogP contribution in [0.5, 0.6) is 0 Å². The standard InChI is InChI=1S/C19H25NO.C6H8O7/c1-3-20(4-2)15-16-21-19(17-11-7-5-8-12-17)18-13-9-6-10-14-18;7-3(8)1-6(13,5(11)12)2-4(9)10/h5-14,19H,3-4,15-16H2,1-2H3;13H,1-2H2,(H,7,8)(H,9,10)(H,11,12). The highest BCUT2D eigenvalue weighted by molar-refractivity contribution is 5.88. The Kier molecular flexibility index (Phi) is 12.5. The van der Waals surface area contributed by atoms with Gasteiger partial charge in [0.1, 0.15) is 6.10 Å². The number of carboxylic acids is 3. The van der Waals surface area contributed by atoms with Gasteiger partial charge >= 0.3 is 17.9 Å². The largest absolute Gasteiger partial charge is 0.481 e. The van der Waals surface area contributed by atoms with E-state index in [1.54, 1.807) is 0 Å². The van der Waals surface area contributed by atoms with Gasteiger partial charge in [0.2, 0.25) is 0 Å². The summed E-state index contributed by atoms with van der Waals surface area (Å²) in [6.45, 7) is 8.24. The molecule has 0 aliphatic heterocycles. The smallest absolute Gasteiger partial charge is 0.336 e. The number of aliphatic carboxylic acids is 3. The van der Waals surface area contributed by atoms with Crippen LogP contribution < -0.4 is 0 Å². The minimum Gasteiger partial charge on any atom is -0.481 e. The van der Waals surface area contributed by atoms with Gasteiger partial charge in [0, 0.05) is 6.54 Å². The lowest BCUT2D eigenvalue weighted by molar-refractivity contribution is -0.170. The zero-order valence-corrected chi connectivity index (χ0v) is 19.5. The molecule has 0 radical (unpaired) electrons. The summed E-state index contributed by atoms with van der Waals surface area (Å²) < 4.78 is 6.21. The second kappa shape index (κ2) is 14.8. The van der Waals surface area contributed by atoms with Gasteiger partial charge in [-0.1, -0.05) is 74.5 Å². The Labute approximate surface area is 199 Å². The molecular weight excluding hydrogens is 442 g/mol. The van der Waals surface area contributed by atoms with Gasteiger partial charge in [-0.15, -0.1) is 0 Å². The number of carboxylic acid groups (broad SMARTS) is 3. The van der Waals surface area contributed by atoms with Gasteiger partial charge in [-0.3, -0.25) is 9.59 Å². The lowest BCUT2D eigenvalue weighted by atomic mass is 9.96. The normalized spacial score (nSPS) is 11.1. The molecule has 9 heteroatoms.